The summed E-state index contributed by atoms with van der Waals surface area (Å²) >= 11 is 6.63. The average molecular weight is 412 g/mol. The number of carbonyl (C=O) groups is 1. The van der Waals surface area contributed by atoms with Gasteiger partial charge in [-0.2, -0.15) is 0 Å². The smallest absolute Gasteiger partial charge is 0.275 e. The number of benzene rings is 2. The first-order valence-corrected chi connectivity index (χ1v) is 9.89. The number of hydrogen-bond acceptors (Lipinski definition) is 5. The molecule has 6 nitrogen and oxygen atoms in total. The van der Waals surface area contributed by atoms with Crippen molar-refractivity contribution in [2.75, 3.05) is 10.0 Å². The summed E-state index contributed by atoms with van der Waals surface area (Å²) in [6, 6.07) is 11.5. The summed E-state index contributed by atoms with van der Waals surface area (Å²) < 4.78 is 40.0. The van der Waals surface area contributed by atoms with E-state index in [0.717, 1.165) is 17.4 Å². The molecule has 1 aromatic heterocycles. The number of thiazole rings is 1. The molecule has 0 radical (unpaired) electrons. The lowest BCUT2D eigenvalue weighted by atomic mass is 10.3. The van der Waals surface area contributed by atoms with E-state index in [1.54, 1.807) is 18.2 Å². The molecule has 3 rings (SSSR count). The maximum absolute atomic E-state index is 13.1. The van der Waals surface area contributed by atoms with Crippen LogP contribution in [0.2, 0.25) is 5.02 Å². The van der Waals surface area contributed by atoms with Crippen molar-refractivity contribution in [1.82, 2.24) is 4.98 Å². The van der Waals surface area contributed by atoms with Crippen LogP contribution in [0.3, 0.4) is 0 Å². The zero-order valence-electron chi connectivity index (χ0n) is 12.9. The number of aromatic nitrogens is 1. The number of halogens is 2. The summed E-state index contributed by atoms with van der Waals surface area (Å²) in [5.41, 5.74) is 0.307. The maximum atomic E-state index is 13.1. The average Bonchev–Trinajstić information content (AvgIpc) is 3.07. The lowest BCUT2D eigenvalue weighted by Gasteiger charge is -2.05. The molecule has 0 saturated carbocycles. The third-order valence-corrected chi connectivity index (χ3v) is 5.72. The summed E-state index contributed by atoms with van der Waals surface area (Å²) in [6.45, 7) is 0. The fourth-order valence-corrected chi connectivity index (χ4v) is 4.11. The van der Waals surface area contributed by atoms with Crippen molar-refractivity contribution in [3.63, 3.8) is 0 Å². The predicted octanol–water partition coefficient (Wildman–Crippen LogP) is 3.99. The summed E-state index contributed by atoms with van der Waals surface area (Å²) in [5, 5.41) is 3.84. The zero-order valence-corrected chi connectivity index (χ0v) is 15.3. The van der Waals surface area contributed by atoms with E-state index in [1.807, 2.05) is 0 Å². The minimum atomic E-state index is -3.79. The van der Waals surface area contributed by atoms with E-state index in [1.165, 1.54) is 29.6 Å². The highest BCUT2D eigenvalue weighted by Gasteiger charge is 2.18. The second kappa shape index (κ2) is 7.40. The van der Waals surface area contributed by atoms with E-state index in [0.29, 0.717) is 5.69 Å². The fraction of sp³-hybridized carbons (Fsp3) is 0. The van der Waals surface area contributed by atoms with Gasteiger partial charge >= 0.3 is 0 Å². The number of carbonyl (C=O) groups excluding carboxylic acids is 1. The molecule has 0 aliphatic rings. The van der Waals surface area contributed by atoms with E-state index in [9.17, 15) is 17.6 Å². The topological polar surface area (TPSA) is 88.2 Å². The van der Waals surface area contributed by atoms with Crippen LogP contribution in [-0.4, -0.2) is 19.3 Å². The molecule has 2 aromatic carbocycles. The Morgan fingerprint density at radius 3 is 2.58 bits per heavy atom. The van der Waals surface area contributed by atoms with Crippen LogP contribution in [0.25, 0.3) is 0 Å². The van der Waals surface area contributed by atoms with E-state index in [2.05, 4.69) is 15.0 Å². The minimum absolute atomic E-state index is 0.0150. The van der Waals surface area contributed by atoms with Crippen LogP contribution >= 0.6 is 22.9 Å². The van der Waals surface area contributed by atoms with Gasteiger partial charge in [-0.15, -0.1) is 11.3 Å². The van der Waals surface area contributed by atoms with Gasteiger partial charge in [-0.25, -0.2) is 17.8 Å². The van der Waals surface area contributed by atoms with Gasteiger partial charge in [0.1, 0.15) is 11.5 Å². The molecule has 134 valence electrons. The van der Waals surface area contributed by atoms with E-state index >= 15 is 0 Å². The maximum Gasteiger partial charge on any atom is 0.275 e. The monoisotopic (exact) mass is 411 g/mol. The van der Waals surface area contributed by atoms with Crippen LogP contribution in [0.15, 0.2) is 58.8 Å². The summed E-state index contributed by atoms with van der Waals surface area (Å²) in [4.78, 5) is 16.2. The van der Waals surface area contributed by atoms with Crippen LogP contribution in [-0.2, 0) is 10.0 Å². The van der Waals surface area contributed by atoms with Crippen molar-refractivity contribution in [3.05, 3.63) is 70.4 Å². The second-order valence-electron chi connectivity index (χ2n) is 5.04. The van der Waals surface area contributed by atoms with E-state index < -0.39 is 21.7 Å². The molecule has 0 aliphatic carbocycles. The first kappa shape index (κ1) is 18.3. The molecule has 0 atom stereocenters. The second-order valence-corrected chi connectivity index (χ2v) is 7.99. The number of nitrogens with zero attached hydrogens (tertiary/aromatic N) is 1. The highest BCUT2D eigenvalue weighted by molar-refractivity contribution is 7.93. The molecule has 0 aliphatic heterocycles. The van der Waals surface area contributed by atoms with Crippen molar-refractivity contribution >= 4 is 49.7 Å². The van der Waals surface area contributed by atoms with Gasteiger partial charge in [-0.3, -0.25) is 9.52 Å². The van der Waals surface area contributed by atoms with Crippen molar-refractivity contribution in [2.24, 2.45) is 0 Å². The molecule has 10 heteroatoms. The first-order valence-electron chi connectivity index (χ1n) is 7.15. The van der Waals surface area contributed by atoms with Crippen LogP contribution in [0.5, 0.6) is 0 Å². The number of hydrogen-bond donors (Lipinski definition) is 2. The molecule has 3 aromatic rings. The molecule has 0 fully saturated rings. The molecule has 26 heavy (non-hydrogen) atoms. The SMILES string of the molecule is O=C(Nc1ccc(F)c(Cl)c1)c1csc(NS(=O)(=O)c2ccccc2)n1. The first-order chi connectivity index (χ1) is 12.3. The molecule has 2 N–H and O–H groups in total. The Labute approximate surface area is 157 Å². The number of rotatable bonds is 5. The van der Waals surface area contributed by atoms with Gasteiger partial charge in [0.05, 0.1) is 9.92 Å². The quantitative estimate of drug-likeness (QED) is 0.664. The van der Waals surface area contributed by atoms with Gasteiger partial charge in [0, 0.05) is 11.1 Å². The number of amides is 1. The normalized spacial score (nSPS) is 11.2. The predicted molar refractivity (Wildman–Crippen MR) is 98.7 cm³/mol. The number of anilines is 2. The van der Waals surface area contributed by atoms with Crippen LogP contribution in [0.1, 0.15) is 10.5 Å². The third-order valence-electron chi connectivity index (χ3n) is 3.19. The van der Waals surface area contributed by atoms with Crippen molar-refractivity contribution in [1.29, 1.82) is 0 Å². The summed E-state index contributed by atoms with van der Waals surface area (Å²) in [6.07, 6.45) is 0. The van der Waals surface area contributed by atoms with Gasteiger partial charge in [0.2, 0.25) is 0 Å². The molecule has 0 saturated heterocycles. The number of sulfonamides is 1. The standard InChI is InChI=1S/C16H11ClFN3O3S2/c17-12-8-10(6-7-13(12)18)19-15(22)14-9-25-16(20-14)21-26(23,24)11-4-2-1-3-5-11/h1-9H,(H,19,22)(H,20,21). The molecule has 0 spiro atoms. The van der Waals surface area contributed by atoms with Gasteiger partial charge in [0.15, 0.2) is 5.13 Å². The molecule has 1 amide bonds. The Morgan fingerprint density at radius 2 is 1.88 bits per heavy atom. The third kappa shape index (κ3) is 4.18. The highest BCUT2D eigenvalue weighted by atomic mass is 35.5. The van der Waals surface area contributed by atoms with Gasteiger partial charge in [-0.1, -0.05) is 29.8 Å². The summed E-state index contributed by atoms with van der Waals surface area (Å²) in [5.74, 6) is -1.18. The summed E-state index contributed by atoms with van der Waals surface area (Å²) in [7, 11) is -3.79. The van der Waals surface area contributed by atoms with Crippen molar-refractivity contribution in [2.45, 2.75) is 4.90 Å². The molecule has 0 unspecified atom stereocenters. The largest absolute Gasteiger partial charge is 0.321 e. The fourth-order valence-electron chi connectivity index (χ4n) is 1.97. The van der Waals surface area contributed by atoms with Crippen LogP contribution < -0.4 is 10.0 Å². The Bertz CT molecular complexity index is 1060. The zero-order chi connectivity index (χ0) is 18.7. The van der Waals surface area contributed by atoms with E-state index in [-0.39, 0.29) is 20.7 Å². The highest BCUT2D eigenvalue weighted by Crippen LogP contribution is 2.22. The van der Waals surface area contributed by atoms with Crippen LogP contribution in [0, 0.1) is 5.82 Å². The Kier molecular flexibility index (Phi) is 5.21. The molecular weight excluding hydrogens is 401 g/mol. The molecule has 0 bridgehead atoms. The lowest BCUT2D eigenvalue weighted by molar-refractivity contribution is 0.102. The Morgan fingerprint density at radius 1 is 1.15 bits per heavy atom. The Balaban J connectivity index is 1.73. The van der Waals surface area contributed by atoms with Gasteiger partial charge in [-0.05, 0) is 30.3 Å². The lowest BCUT2D eigenvalue weighted by Crippen LogP contribution is -2.14. The van der Waals surface area contributed by atoms with E-state index in [4.69, 9.17) is 11.6 Å². The van der Waals surface area contributed by atoms with Gasteiger partial charge in [0.25, 0.3) is 15.9 Å². The van der Waals surface area contributed by atoms with Crippen molar-refractivity contribution < 1.29 is 17.6 Å². The minimum Gasteiger partial charge on any atom is -0.321 e. The number of nitrogens with one attached hydrogen (secondary N) is 2. The van der Waals surface area contributed by atoms with Crippen LogP contribution in [0.4, 0.5) is 15.2 Å². The Hall–Kier alpha value is -2.49. The molecule has 1 heterocycles. The molecular formula is C16H11ClFN3O3S2. The van der Waals surface area contributed by atoms with Gasteiger partial charge < -0.3 is 5.32 Å². The van der Waals surface area contributed by atoms with Crippen molar-refractivity contribution in [3.8, 4) is 0 Å².